The molecular weight excluding hydrogens is 252 g/mol. The summed E-state index contributed by atoms with van der Waals surface area (Å²) < 4.78 is 0. The second kappa shape index (κ2) is 7.03. The Morgan fingerprint density at radius 2 is 2.06 bits per heavy atom. The van der Waals surface area contributed by atoms with Gasteiger partial charge in [-0.1, -0.05) is 6.92 Å². The Balaban J connectivity index is 2.66. The first-order chi connectivity index (χ1) is 8.04. The number of thiol groups is 1. The number of thiophene rings is 1. The second-order valence-electron chi connectivity index (χ2n) is 4.26. The maximum Gasteiger partial charge on any atom is 0.264 e. The first kappa shape index (κ1) is 14.5. The molecule has 1 heterocycles. The lowest BCUT2D eigenvalue weighted by molar-refractivity contribution is 0.0749. The molecule has 1 amide bonds. The fraction of sp³-hybridized carbons (Fsp3) is 0.583. The van der Waals surface area contributed by atoms with Gasteiger partial charge in [0.1, 0.15) is 0 Å². The largest absolute Gasteiger partial charge is 0.337 e. The van der Waals surface area contributed by atoms with Crippen molar-refractivity contribution in [2.24, 2.45) is 0 Å². The van der Waals surface area contributed by atoms with Crippen molar-refractivity contribution in [2.45, 2.75) is 18.2 Å². The van der Waals surface area contributed by atoms with Gasteiger partial charge in [0.15, 0.2) is 0 Å². The van der Waals surface area contributed by atoms with E-state index < -0.39 is 0 Å². The molecule has 0 bridgehead atoms. The molecule has 3 nitrogen and oxygen atoms in total. The van der Waals surface area contributed by atoms with Gasteiger partial charge in [-0.25, -0.2) is 0 Å². The molecule has 0 aliphatic rings. The van der Waals surface area contributed by atoms with Crippen molar-refractivity contribution in [2.75, 3.05) is 33.7 Å². The molecule has 0 spiro atoms. The number of hydrogen-bond acceptors (Lipinski definition) is 4. The maximum absolute atomic E-state index is 12.2. The van der Waals surface area contributed by atoms with Crippen LogP contribution in [-0.2, 0) is 0 Å². The van der Waals surface area contributed by atoms with Gasteiger partial charge in [0, 0.05) is 29.9 Å². The summed E-state index contributed by atoms with van der Waals surface area (Å²) in [5.74, 6) is 0.124. The molecule has 1 aromatic rings. The highest BCUT2D eigenvalue weighted by Gasteiger charge is 2.16. The zero-order chi connectivity index (χ0) is 12.8. The van der Waals surface area contributed by atoms with E-state index in [2.05, 4.69) is 24.5 Å². The summed E-state index contributed by atoms with van der Waals surface area (Å²) in [6.45, 7) is 4.57. The van der Waals surface area contributed by atoms with Gasteiger partial charge in [-0.05, 0) is 26.6 Å². The Kier molecular flexibility index (Phi) is 6.02. The van der Waals surface area contributed by atoms with Gasteiger partial charge in [-0.2, -0.15) is 0 Å². The zero-order valence-corrected chi connectivity index (χ0v) is 12.4. The van der Waals surface area contributed by atoms with E-state index in [0.717, 1.165) is 35.8 Å². The van der Waals surface area contributed by atoms with E-state index in [1.807, 2.05) is 30.4 Å². The molecule has 0 aliphatic heterocycles. The van der Waals surface area contributed by atoms with Crippen LogP contribution < -0.4 is 0 Å². The van der Waals surface area contributed by atoms with Crippen LogP contribution in [0.25, 0.3) is 0 Å². The van der Waals surface area contributed by atoms with Crippen LogP contribution in [0.1, 0.15) is 23.0 Å². The molecule has 0 N–H and O–H groups in total. The molecule has 0 saturated carbocycles. The fourth-order valence-electron chi connectivity index (χ4n) is 1.50. The molecule has 0 atom stereocenters. The summed E-state index contributed by atoms with van der Waals surface area (Å²) >= 11 is 5.70. The molecule has 5 heteroatoms. The number of nitrogens with zero attached hydrogens (tertiary/aromatic N) is 2. The zero-order valence-electron chi connectivity index (χ0n) is 10.6. The van der Waals surface area contributed by atoms with E-state index in [4.69, 9.17) is 0 Å². The van der Waals surface area contributed by atoms with E-state index in [0.29, 0.717) is 0 Å². The van der Waals surface area contributed by atoms with Gasteiger partial charge in [-0.3, -0.25) is 4.79 Å². The minimum atomic E-state index is 0.124. The number of hydrogen-bond donors (Lipinski definition) is 1. The van der Waals surface area contributed by atoms with Crippen molar-refractivity contribution in [1.29, 1.82) is 0 Å². The summed E-state index contributed by atoms with van der Waals surface area (Å²) in [7, 11) is 4.04. The molecule has 0 aliphatic carbocycles. The molecule has 0 saturated heterocycles. The van der Waals surface area contributed by atoms with Gasteiger partial charge < -0.3 is 9.80 Å². The lowest BCUT2D eigenvalue weighted by Gasteiger charge is -2.23. The van der Waals surface area contributed by atoms with Crippen molar-refractivity contribution in [3.8, 4) is 0 Å². The third-order valence-electron chi connectivity index (χ3n) is 2.39. The Morgan fingerprint density at radius 3 is 2.53 bits per heavy atom. The van der Waals surface area contributed by atoms with Crippen LogP contribution >= 0.6 is 24.0 Å². The van der Waals surface area contributed by atoms with E-state index in [1.54, 1.807) is 0 Å². The number of carbonyl (C=O) groups excluding carboxylic acids is 1. The molecule has 1 aromatic heterocycles. The highest BCUT2D eigenvalue weighted by molar-refractivity contribution is 7.80. The normalized spacial score (nSPS) is 10.9. The Labute approximate surface area is 113 Å². The minimum absolute atomic E-state index is 0.124. The minimum Gasteiger partial charge on any atom is -0.337 e. The van der Waals surface area contributed by atoms with Crippen LogP contribution in [0.4, 0.5) is 0 Å². The van der Waals surface area contributed by atoms with Crippen LogP contribution in [0.2, 0.25) is 0 Å². The van der Waals surface area contributed by atoms with Gasteiger partial charge in [0.2, 0.25) is 0 Å². The lowest BCUT2D eigenvalue weighted by atomic mass is 10.3. The molecule has 0 aromatic carbocycles. The molecule has 96 valence electrons. The molecule has 17 heavy (non-hydrogen) atoms. The fourth-order valence-corrected chi connectivity index (χ4v) is 2.61. The van der Waals surface area contributed by atoms with Crippen LogP contribution in [0.3, 0.4) is 0 Å². The Morgan fingerprint density at radius 1 is 1.35 bits per heavy atom. The molecule has 1 rings (SSSR count). The molecule has 0 unspecified atom stereocenters. The van der Waals surface area contributed by atoms with Crippen molar-refractivity contribution in [1.82, 2.24) is 9.80 Å². The summed E-state index contributed by atoms with van der Waals surface area (Å²) in [5, 5.41) is 1.90. The van der Waals surface area contributed by atoms with Crippen molar-refractivity contribution < 1.29 is 4.79 Å². The summed E-state index contributed by atoms with van der Waals surface area (Å²) in [6, 6.07) is 1.84. The van der Waals surface area contributed by atoms with Gasteiger partial charge in [0.25, 0.3) is 5.91 Å². The van der Waals surface area contributed by atoms with Crippen molar-refractivity contribution >= 4 is 29.9 Å². The quantitative estimate of drug-likeness (QED) is 0.804. The first-order valence-corrected chi connectivity index (χ1v) is 7.08. The SMILES string of the molecule is CCCN(CCN(C)C)C(=O)c1cc(S)cs1. The average Bonchev–Trinajstić information content (AvgIpc) is 2.70. The second-order valence-corrected chi connectivity index (χ2v) is 5.69. The van der Waals surface area contributed by atoms with E-state index in [1.165, 1.54) is 11.3 Å². The van der Waals surface area contributed by atoms with Crippen LogP contribution in [0.5, 0.6) is 0 Å². The molecular formula is C12H20N2OS2. The summed E-state index contributed by atoms with van der Waals surface area (Å²) in [5.41, 5.74) is 0. The third kappa shape index (κ3) is 4.69. The summed E-state index contributed by atoms with van der Waals surface area (Å²) in [6.07, 6.45) is 0.984. The predicted molar refractivity (Wildman–Crippen MR) is 76.3 cm³/mol. The van der Waals surface area contributed by atoms with E-state index >= 15 is 0 Å². The highest BCUT2D eigenvalue weighted by atomic mass is 32.1. The number of carbonyl (C=O) groups is 1. The van der Waals surface area contributed by atoms with Crippen LogP contribution in [0, 0.1) is 0 Å². The standard InChI is InChI=1S/C12H20N2OS2/c1-4-5-14(7-6-13(2)3)12(15)11-8-10(16)9-17-11/h8-9,16H,4-7H2,1-3H3. The maximum atomic E-state index is 12.2. The Hall–Kier alpha value is -0.520. The smallest absolute Gasteiger partial charge is 0.264 e. The Bertz CT molecular complexity index is 363. The van der Waals surface area contributed by atoms with Gasteiger partial charge in [-0.15, -0.1) is 24.0 Å². The monoisotopic (exact) mass is 272 g/mol. The molecule has 0 fully saturated rings. The van der Waals surface area contributed by atoms with E-state index in [-0.39, 0.29) is 5.91 Å². The lowest BCUT2D eigenvalue weighted by Crippen LogP contribution is -2.36. The molecule has 0 radical (unpaired) electrons. The number of likely N-dealkylation sites (N-methyl/N-ethyl adjacent to an activating group) is 1. The predicted octanol–water partition coefficient (Wildman–Crippen LogP) is 2.45. The van der Waals surface area contributed by atoms with Gasteiger partial charge in [0.05, 0.1) is 4.88 Å². The first-order valence-electron chi connectivity index (χ1n) is 5.76. The average molecular weight is 272 g/mol. The third-order valence-corrected chi connectivity index (χ3v) is 3.75. The van der Waals surface area contributed by atoms with E-state index in [9.17, 15) is 4.79 Å². The number of amides is 1. The summed E-state index contributed by atoms with van der Waals surface area (Å²) in [4.78, 5) is 17.9. The van der Waals surface area contributed by atoms with Crippen LogP contribution in [0.15, 0.2) is 16.3 Å². The van der Waals surface area contributed by atoms with Crippen LogP contribution in [-0.4, -0.2) is 49.4 Å². The van der Waals surface area contributed by atoms with Gasteiger partial charge >= 0.3 is 0 Å². The van der Waals surface area contributed by atoms with Crippen molar-refractivity contribution in [3.05, 3.63) is 16.3 Å². The topological polar surface area (TPSA) is 23.6 Å². The highest BCUT2D eigenvalue weighted by Crippen LogP contribution is 2.19. The van der Waals surface area contributed by atoms with Crippen molar-refractivity contribution in [3.63, 3.8) is 0 Å². The number of rotatable bonds is 6.